The van der Waals surface area contributed by atoms with Crippen LogP contribution in [-0.2, 0) is 0 Å². The van der Waals surface area contributed by atoms with E-state index in [0.717, 1.165) is 18.7 Å². The van der Waals surface area contributed by atoms with E-state index in [-0.39, 0.29) is 34.7 Å². The molecule has 4 atom stereocenters. The van der Waals surface area contributed by atoms with E-state index in [4.69, 9.17) is 10.5 Å². The molecule has 9 heteroatoms. The summed E-state index contributed by atoms with van der Waals surface area (Å²) in [4.78, 5) is 26.1. The normalized spacial score (nSPS) is 28.2. The fraction of sp³-hybridized carbons (Fsp3) is 0.524. The van der Waals surface area contributed by atoms with Crippen LogP contribution in [-0.4, -0.2) is 47.6 Å². The van der Waals surface area contributed by atoms with E-state index in [1.54, 1.807) is 4.90 Å². The fourth-order valence-corrected chi connectivity index (χ4v) is 4.63. The van der Waals surface area contributed by atoms with Gasteiger partial charge in [-0.15, -0.1) is 0 Å². The van der Waals surface area contributed by atoms with E-state index in [9.17, 15) is 19.1 Å². The minimum absolute atomic E-state index is 0.0886. The molecule has 4 rings (SSSR count). The summed E-state index contributed by atoms with van der Waals surface area (Å²) in [7, 11) is 1.35. The largest absolute Gasteiger partial charge is 0.492 e. The SMILES string of the molecule is CC[C@H]1CN(c2c(F)cc3c(=O)c(C(=O)O)cn([C@@H]4C[C@@H]4F)c3c2OC)C[C@]1(C)N. The Labute approximate surface area is 172 Å². The Morgan fingerprint density at radius 3 is 2.63 bits per heavy atom. The van der Waals surface area contributed by atoms with Gasteiger partial charge in [-0.1, -0.05) is 6.92 Å². The highest BCUT2D eigenvalue weighted by atomic mass is 19.1. The third kappa shape index (κ3) is 3.03. The van der Waals surface area contributed by atoms with Gasteiger partial charge in [0.05, 0.1) is 24.1 Å². The molecule has 1 aliphatic carbocycles. The van der Waals surface area contributed by atoms with Gasteiger partial charge in [-0.25, -0.2) is 13.6 Å². The third-order valence-corrected chi connectivity index (χ3v) is 6.39. The number of anilines is 1. The molecule has 2 aliphatic rings. The van der Waals surface area contributed by atoms with Crippen LogP contribution < -0.4 is 20.8 Å². The monoisotopic (exact) mass is 421 g/mol. The molecule has 1 aliphatic heterocycles. The smallest absolute Gasteiger partial charge is 0.341 e. The van der Waals surface area contributed by atoms with Crippen molar-refractivity contribution >= 4 is 22.6 Å². The number of benzene rings is 1. The molecule has 0 radical (unpaired) electrons. The first-order valence-corrected chi connectivity index (χ1v) is 9.97. The average Bonchev–Trinajstić information content (AvgIpc) is 3.31. The number of carbonyl (C=O) groups is 1. The predicted molar refractivity (Wildman–Crippen MR) is 109 cm³/mol. The zero-order chi connectivity index (χ0) is 22.0. The van der Waals surface area contributed by atoms with Crippen molar-refractivity contribution in [1.29, 1.82) is 0 Å². The summed E-state index contributed by atoms with van der Waals surface area (Å²) in [5, 5.41) is 9.26. The van der Waals surface area contributed by atoms with Gasteiger partial charge in [-0.3, -0.25) is 4.79 Å². The summed E-state index contributed by atoms with van der Waals surface area (Å²) in [6.45, 7) is 4.83. The van der Waals surface area contributed by atoms with Crippen LogP contribution in [0.3, 0.4) is 0 Å². The molecular weight excluding hydrogens is 396 g/mol. The number of aromatic carboxylic acids is 1. The number of fused-ring (bicyclic) bond motifs is 1. The van der Waals surface area contributed by atoms with Gasteiger partial charge in [0.1, 0.15) is 17.4 Å². The fourth-order valence-electron chi connectivity index (χ4n) is 4.63. The first-order valence-electron chi connectivity index (χ1n) is 9.97. The van der Waals surface area contributed by atoms with Gasteiger partial charge in [0.25, 0.3) is 0 Å². The Bertz CT molecular complexity index is 1100. The highest BCUT2D eigenvalue weighted by Gasteiger charge is 2.43. The summed E-state index contributed by atoms with van der Waals surface area (Å²) in [5.74, 6) is -1.93. The molecule has 2 fully saturated rings. The zero-order valence-electron chi connectivity index (χ0n) is 17.1. The number of carboxylic acids is 1. The molecule has 162 valence electrons. The van der Waals surface area contributed by atoms with Crippen molar-refractivity contribution < 1.29 is 23.4 Å². The van der Waals surface area contributed by atoms with Gasteiger partial charge in [-0.05, 0) is 25.3 Å². The second-order valence-corrected chi connectivity index (χ2v) is 8.53. The number of alkyl halides is 1. The number of methoxy groups -OCH3 is 1. The maximum Gasteiger partial charge on any atom is 0.341 e. The predicted octanol–water partition coefficient (Wildman–Crippen LogP) is 2.69. The maximum atomic E-state index is 15.3. The molecule has 0 amide bonds. The summed E-state index contributed by atoms with van der Waals surface area (Å²) >= 11 is 0. The van der Waals surface area contributed by atoms with Crippen molar-refractivity contribution in [3.05, 3.63) is 33.9 Å². The highest BCUT2D eigenvalue weighted by Crippen LogP contribution is 2.46. The quantitative estimate of drug-likeness (QED) is 0.771. The third-order valence-electron chi connectivity index (χ3n) is 6.39. The molecule has 0 spiro atoms. The number of hydrogen-bond acceptors (Lipinski definition) is 5. The summed E-state index contributed by atoms with van der Waals surface area (Å²) in [5.41, 5.74) is 4.89. The number of nitrogens with two attached hydrogens (primary N) is 1. The summed E-state index contributed by atoms with van der Waals surface area (Å²) in [6.07, 6.45) is 0.973. The minimum atomic E-state index is -1.45. The van der Waals surface area contributed by atoms with Crippen LogP contribution in [0.5, 0.6) is 5.75 Å². The molecule has 1 saturated heterocycles. The molecule has 7 nitrogen and oxygen atoms in total. The molecule has 3 N–H and O–H groups in total. The number of pyridine rings is 1. The number of rotatable bonds is 5. The van der Waals surface area contributed by atoms with Crippen molar-refractivity contribution in [3.63, 3.8) is 0 Å². The molecule has 0 bridgehead atoms. The number of halogens is 2. The maximum absolute atomic E-state index is 15.3. The Balaban J connectivity index is 2.01. The number of nitrogens with zero attached hydrogens (tertiary/aromatic N) is 2. The highest BCUT2D eigenvalue weighted by molar-refractivity contribution is 5.97. The lowest BCUT2D eigenvalue weighted by atomic mass is 9.88. The van der Waals surface area contributed by atoms with Crippen molar-refractivity contribution in [2.45, 2.75) is 44.4 Å². The van der Waals surface area contributed by atoms with Crippen molar-refractivity contribution in [1.82, 2.24) is 4.57 Å². The second kappa shape index (κ2) is 6.94. The Morgan fingerprint density at radius 2 is 2.13 bits per heavy atom. The van der Waals surface area contributed by atoms with Gasteiger partial charge in [-0.2, -0.15) is 0 Å². The van der Waals surface area contributed by atoms with Crippen molar-refractivity contribution in [2.75, 3.05) is 25.1 Å². The van der Waals surface area contributed by atoms with Crippen LogP contribution in [0.2, 0.25) is 0 Å². The molecule has 30 heavy (non-hydrogen) atoms. The molecule has 2 aromatic rings. The van der Waals surface area contributed by atoms with E-state index in [1.165, 1.54) is 11.7 Å². The van der Waals surface area contributed by atoms with E-state index in [2.05, 4.69) is 0 Å². The molecule has 1 saturated carbocycles. The van der Waals surface area contributed by atoms with E-state index in [1.807, 2.05) is 13.8 Å². The lowest BCUT2D eigenvalue weighted by Gasteiger charge is -2.26. The van der Waals surface area contributed by atoms with Crippen LogP contribution in [0.15, 0.2) is 17.1 Å². The van der Waals surface area contributed by atoms with Crippen molar-refractivity contribution in [3.8, 4) is 5.75 Å². The summed E-state index contributed by atoms with van der Waals surface area (Å²) in [6, 6.07) is 0.404. The van der Waals surface area contributed by atoms with Crippen LogP contribution in [0.25, 0.3) is 10.9 Å². The molecular formula is C21H25F2N3O4. The van der Waals surface area contributed by atoms with E-state index >= 15 is 4.39 Å². The Morgan fingerprint density at radius 1 is 1.47 bits per heavy atom. The zero-order valence-corrected chi connectivity index (χ0v) is 17.1. The molecule has 0 unspecified atom stereocenters. The van der Waals surface area contributed by atoms with Crippen LogP contribution in [0.4, 0.5) is 14.5 Å². The Hall–Kier alpha value is -2.68. The average molecular weight is 421 g/mol. The van der Waals surface area contributed by atoms with Gasteiger partial charge >= 0.3 is 5.97 Å². The van der Waals surface area contributed by atoms with Gasteiger partial charge in [0.15, 0.2) is 11.6 Å². The number of ether oxygens (including phenoxy) is 1. The van der Waals surface area contributed by atoms with Gasteiger partial charge in [0, 0.05) is 31.2 Å². The second-order valence-electron chi connectivity index (χ2n) is 8.53. The first kappa shape index (κ1) is 20.6. The lowest BCUT2D eigenvalue weighted by Crippen LogP contribution is -2.44. The molecule has 1 aromatic heterocycles. The number of hydrogen-bond donors (Lipinski definition) is 2. The number of carboxylic acid groups (broad SMARTS) is 1. The first-order chi connectivity index (χ1) is 14.1. The standard InChI is InChI=1S/C21H25F2N3O4/c1-4-10-7-25(9-21(10,2)24)17-14(23)5-11-16(19(17)30-3)26(15-6-13(15)22)8-12(18(11)27)20(28)29/h5,8,10,13,15H,4,6-7,9,24H2,1-3H3,(H,28,29)/t10-,13-,15+,21-/m0/s1. The van der Waals surface area contributed by atoms with Crippen LogP contribution in [0, 0.1) is 11.7 Å². The minimum Gasteiger partial charge on any atom is -0.492 e. The Kier molecular flexibility index (Phi) is 4.76. The summed E-state index contributed by atoms with van der Waals surface area (Å²) < 4.78 is 36.2. The topological polar surface area (TPSA) is 97.8 Å². The van der Waals surface area contributed by atoms with Crippen LogP contribution in [0.1, 0.15) is 43.1 Å². The number of aromatic nitrogens is 1. The molecule has 1 aromatic carbocycles. The van der Waals surface area contributed by atoms with E-state index < -0.39 is 40.5 Å². The van der Waals surface area contributed by atoms with Crippen LogP contribution >= 0.6 is 0 Å². The lowest BCUT2D eigenvalue weighted by molar-refractivity contribution is 0.0694. The molecule has 2 heterocycles. The van der Waals surface area contributed by atoms with E-state index in [0.29, 0.717) is 13.1 Å². The van der Waals surface area contributed by atoms with Gasteiger partial charge < -0.3 is 25.0 Å². The van der Waals surface area contributed by atoms with Crippen molar-refractivity contribution in [2.24, 2.45) is 11.7 Å². The van der Waals surface area contributed by atoms with Gasteiger partial charge in [0.2, 0.25) is 5.43 Å².